The van der Waals surface area contributed by atoms with Gasteiger partial charge in [-0.2, -0.15) is 0 Å². The number of ether oxygens (including phenoxy) is 3. The lowest BCUT2D eigenvalue weighted by Crippen LogP contribution is -2.58. The lowest BCUT2D eigenvalue weighted by atomic mass is 9.95. The summed E-state index contributed by atoms with van der Waals surface area (Å²) in [4.78, 5) is 59.3. The first-order chi connectivity index (χ1) is 14.2. The predicted octanol–water partition coefficient (Wildman–Crippen LogP) is -3.19. The van der Waals surface area contributed by atoms with Gasteiger partial charge in [0, 0.05) is 0 Å². The van der Waals surface area contributed by atoms with Crippen LogP contribution in [0.3, 0.4) is 0 Å². The standard InChI is InChI=1S/C17H25N3O10/c1-3-17(2,30-10-22)13(24)6-20-15(26)18(4-11(23)7-28-9-21)14(25)19(16(20)27)5-12-8-29-12/h9-13,23-24H,3-8H2,1-2H3. The normalized spacial score (nSPS) is 19.4. The summed E-state index contributed by atoms with van der Waals surface area (Å²) in [6, 6.07) is 0. The van der Waals surface area contributed by atoms with E-state index in [0.29, 0.717) is 15.7 Å². The number of rotatable bonds is 13. The number of hydrogen-bond donors (Lipinski definition) is 2. The lowest BCUT2D eigenvalue weighted by molar-refractivity contribution is -0.156. The fraction of sp³-hybridized carbons (Fsp3) is 0.706. The molecule has 0 aromatic carbocycles. The van der Waals surface area contributed by atoms with E-state index in [4.69, 9.17) is 9.47 Å². The third-order valence-electron chi connectivity index (χ3n) is 5.00. The number of nitrogens with zero attached hydrogens (tertiary/aromatic N) is 3. The second kappa shape index (κ2) is 9.82. The minimum atomic E-state index is -1.45. The van der Waals surface area contributed by atoms with Gasteiger partial charge < -0.3 is 24.4 Å². The monoisotopic (exact) mass is 431 g/mol. The third-order valence-corrected chi connectivity index (χ3v) is 5.00. The van der Waals surface area contributed by atoms with Crippen LogP contribution in [-0.4, -0.2) is 74.0 Å². The van der Waals surface area contributed by atoms with E-state index < -0.39 is 54.6 Å². The molecule has 30 heavy (non-hydrogen) atoms. The molecule has 4 atom stereocenters. The van der Waals surface area contributed by atoms with Crippen LogP contribution in [0.2, 0.25) is 0 Å². The topological polar surface area (TPSA) is 172 Å². The fourth-order valence-electron chi connectivity index (χ4n) is 2.82. The molecule has 0 bridgehead atoms. The van der Waals surface area contributed by atoms with Crippen molar-refractivity contribution in [1.82, 2.24) is 13.7 Å². The molecule has 2 N–H and O–H groups in total. The van der Waals surface area contributed by atoms with Crippen LogP contribution in [0.5, 0.6) is 0 Å². The van der Waals surface area contributed by atoms with Crippen molar-refractivity contribution >= 4 is 12.9 Å². The average Bonchev–Trinajstić information content (AvgIpc) is 3.54. The minimum absolute atomic E-state index is 0.102. The molecule has 13 nitrogen and oxygen atoms in total. The summed E-state index contributed by atoms with van der Waals surface area (Å²) in [5, 5.41) is 20.5. The molecular formula is C17H25N3O10. The number of aliphatic hydroxyl groups excluding tert-OH is 2. The van der Waals surface area contributed by atoms with E-state index in [0.717, 1.165) is 4.57 Å². The van der Waals surface area contributed by atoms with Crippen molar-refractivity contribution in [1.29, 1.82) is 0 Å². The zero-order chi connectivity index (χ0) is 22.5. The van der Waals surface area contributed by atoms with Gasteiger partial charge in [0.15, 0.2) is 0 Å². The van der Waals surface area contributed by atoms with Gasteiger partial charge in [-0.05, 0) is 13.3 Å². The molecule has 0 saturated carbocycles. The molecule has 2 heterocycles. The van der Waals surface area contributed by atoms with Crippen LogP contribution in [0.25, 0.3) is 0 Å². The van der Waals surface area contributed by atoms with Gasteiger partial charge in [0.25, 0.3) is 12.9 Å². The van der Waals surface area contributed by atoms with Crippen LogP contribution >= 0.6 is 0 Å². The predicted molar refractivity (Wildman–Crippen MR) is 98.8 cm³/mol. The smallest absolute Gasteiger partial charge is 0.336 e. The molecule has 0 amide bonds. The second-order valence-electron chi connectivity index (χ2n) is 7.11. The summed E-state index contributed by atoms with van der Waals surface area (Å²) < 4.78 is 16.4. The summed E-state index contributed by atoms with van der Waals surface area (Å²) in [5.74, 6) is 0. The molecule has 1 aromatic heterocycles. The molecule has 0 spiro atoms. The summed E-state index contributed by atoms with van der Waals surface area (Å²) in [7, 11) is 0. The Hall–Kier alpha value is -2.77. The van der Waals surface area contributed by atoms with Crippen LogP contribution in [0, 0.1) is 0 Å². The van der Waals surface area contributed by atoms with E-state index in [9.17, 15) is 34.2 Å². The van der Waals surface area contributed by atoms with Crippen molar-refractivity contribution < 1.29 is 34.0 Å². The van der Waals surface area contributed by atoms with Crippen molar-refractivity contribution in [3.05, 3.63) is 31.5 Å². The molecule has 0 aliphatic carbocycles. The van der Waals surface area contributed by atoms with Gasteiger partial charge in [-0.25, -0.2) is 28.1 Å². The Labute approximate surface area is 170 Å². The molecule has 0 radical (unpaired) electrons. The van der Waals surface area contributed by atoms with Crippen molar-refractivity contribution in [2.45, 2.75) is 63.8 Å². The first-order valence-corrected chi connectivity index (χ1v) is 9.27. The molecule has 4 unspecified atom stereocenters. The summed E-state index contributed by atoms with van der Waals surface area (Å²) >= 11 is 0. The first-order valence-electron chi connectivity index (χ1n) is 9.27. The van der Waals surface area contributed by atoms with E-state index in [1.54, 1.807) is 6.92 Å². The van der Waals surface area contributed by atoms with Crippen LogP contribution in [0.1, 0.15) is 20.3 Å². The van der Waals surface area contributed by atoms with Crippen LogP contribution in [0.15, 0.2) is 14.4 Å². The van der Waals surface area contributed by atoms with Gasteiger partial charge in [-0.3, -0.25) is 9.59 Å². The van der Waals surface area contributed by atoms with Crippen LogP contribution < -0.4 is 17.1 Å². The maximum absolute atomic E-state index is 12.8. The summed E-state index contributed by atoms with van der Waals surface area (Å²) in [6.07, 6.45) is -3.02. The van der Waals surface area contributed by atoms with E-state index in [-0.39, 0.29) is 32.0 Å². The maximum Gasteiger partial charge on any atom is 0.336 e. The lowest BCUT2D eigenvalue weighted by Gasteiger charge is -2.31. The molecule has 1 aromatic rings. The maximum atomic E-state index is 12.8. The number of carbonyl (C=O) groups excluding carboxylic acids is 2. The Morgan fingerprint density at radius 2 is 1.67 bits per heavy atom. The third kappa shape index (κ3) is 5.23. The Balaban J connectivity index is 2.50. The number of aromatic nitrogens is 3. The SMILES string of the molecule is CCC(C)(OC=O)C(O)Cn1c(=O)n(CC(O)COC=O)c(=O)n(CC2CO2)c1=O. The second-order valence-corrected chi connectivity index (χ2v) is 7.11. The average molecular weight is 431 g/mol. The number of epoxide rings is 1. The molecule has 13 heteroatoms. The van der Waals surface area contributed by atoms with Gasteiger partial charge in [-0.1, -0.05) is 6.92 Å². The van der Waals surface area contributed by atoms with Crippen molar-refractivity contribution in [3.8, 4) is 0 Å². The van der Waals surface area contributed by atoms with E-state index in [2.05, 4.69) is 4.74 Å². The van der Waals surface area contributed by atoms with Crippen LogP contribution in [-0.2, 0) is 43.4 Å². The number of aliphatic hydroxyl groups is 2. The Morgan fingerprint density at radius 3 is 2.17 bits per heavy atom. The zero-order valence-corrected chi connectivity index (χ0v) is 16.6. The van der Waals surface area contributed by atoms with Crippen LogP contribution in [0.4, 0.5) is 0 Å². The van der Waals surface area contributed by atoms with E-state index >= 15 is 0 Å². The molecule has 1 aliphatic rings. The van der Waals surface area contributed by atoms with Gasteiger partial charge in [-0.15, -0.1) is 0 Å². The van der Waals surface area contributed by atoms with E-state index in [1.165, 1.54) is 6.92 Å². The number of carbonyl (C=O) groups is 2. The highest BCUT2D eigenvalue weighted by Gasteiger charge is 2.35. The highest BCUT2D eigenvalue weighted by atomic mass is 16.6. The largest absolute Gasteiger partial charge is 0.465 e. The van der Waals surface area contributed by atoms with Gasteiger partial charge in [0.05, 0.1) is 32.3 Å². The minimum Gasteiger partial charge on any atom is -0.465 e. The quantitative estimate of drug-likeness (QED) is 0.239. The molecule has 2 rings (SSSR count). The first kappa shape index (κ1) is 23.5. The van der Waals surface area contributed by atoms with Crippen molar-refractivity contribution in [2.75, 3.05) is 13.2 Å². The Bertz CT molecular complexity index is 931. The summed E-state index contributed by atoms with van der Waals surface area (Å²) in [5.41, 5.74) is -4.40. The number of hydrogen-bond acceptors (Lipinski definition) is 10. The highest BCUT2D eigenvalue weighted by Crippen LogP contribution is 2.20. The Kier molecular flexibility index (Phi) is 7.70. The highest BCUT2D eigenvalue weighted by molar-refractivity contribution is 5.38. The van der Waals surface area contributed by atoms with E-state index in [1.807, 2.05) is 0 Å². The van der Waals surface area contributed by atoms with Gasteiger partial charge in [0.1, 0.15) is 24.4 Å². The van der Waals surface area contributed by atoms with Gasteiger partial charge in [0.2, 0.25) is 0 Å². The summed E-state index contributed by atoms with van der Waals surface area (Å²) in [6.45, 7) is 1.96. The molecule has 1 aliphatic heterocycles. The molecule has 1 fully saturated rings. The Morgan fingerprint density at radius 1 is 1.10 bits per heavy atom. The molecular weight excluding hydrogens is 406 g/mol. The molecule has 1 saturated heterocycles. The van der Waals surface area contributed by atoms with Crippen molar-refractivity contribution in [3.63, 3.8) is 0 Å². The molecule has 168 valence electrons. The fourth-order valence-corrected chi connectivity index (χ4v) is 2.82. The van der Waals surface area contributed by atoms with Crippen molar-refractivity contribution in [2.24, 2.45) is 0 Å². The zero-order valence-electron chi connectivity index (χ0n) is 16.6. The van der Waals surface area contributed by atoms with Gasteiger partial charge >= 0.3 is 17.1 Å².